The van der Waals surface area contributed by atoms with E-state index >= 15 is 0 Å². The highest BCUT2D eigenvalue weighted by Gasteiger charge is 2.35. The fourth-order valence-electron chi connectivity index (χ4n) is 1.27. The number of carboxylic acid groups (broad SMARTS) is 2. The van der Waals surface area contributed by atoms with E-state index in [1.807, 2.05) is 0 Å². The molecule has 0 aliphatic rings. The van der Waals surface area contributed by atoms with Gasteiger partial charge in [0.25, 0.3) is 5.69 Å². The van der Waals surface area contributed by atoms with Crippen LogP contribution < -0.4 is 0 Å². The largest absolute Gasteiger partial charge is 0.480 e. The smallest absolute Gasteiger partial charge is 0.324 e. The summed E-state index contributed by atoms with van der Waals surface area (Å²) in [4.78, 5) is 34.9. The van der Waals surface area contributed by atoms with Gasteiger partial charge in [0, 0.05) is 12.3 Å². The van der Waals surface area contributed by atoms with Gasteiger partial charge in [0.2, 0.25) is 5.92 Å². The van der Waals surface area contributed by atoms with Gasteiger partial charge in [-0.05, 0) is 12.5 Å². The summed E-state index contributed by atoms with van der Waals surface area (Å²) in [6, 6.07) is 1.08. The van der Waals surface area contributed by atoms with Gasteiger partial charge in [-0.15, -0.1) is 0 Å². The van der Waals surface area contributed by atoms with E-state index in [1.165, 1.54) is 13.1 Å². The first-order valence-corrected chi connectivity index (χ1v) is 4.41. The molecular weight excluding hydrogens is 232 g/mol. The zero-order valence-corrected chi connectivity index (χ0v) is 8.65. The molecule has 1 aromatic heterocycles. The first kappa shape index (κ1) is 12.6. The molecule has 8 nitrogen and oxygen atoms in total. The summed E-state index contributed by atoms with van der Waals surface area (Å²) in [5.74, 6) is -5.44. The molecule has 0 aliphatic carbocycles. The fraction of sp³-hybridized carbons (Fsp3) is 0.222. The number of rotatable bonds is 4. The average molecular weight is 240 g/mol. The lowest BCUT2D eigenvalue weighted by Gasteiger charge is -2.07. The predicted molar refractivity (Wildman–Crippen MR) is 53.6 cm³/mol. The van der Waals surface area contributed by atoms with Crippen molar-refractivity contribution in [2.24, 2.45) is 0 Å². The van der Waals surface area contributed by atoms with Crippen LogP contribution in [-0.4, -0.2) is 32.1 Å². The Hall–Kier alpha value is -2.51. The minimum Gasteiger partial charge on any atom is -0.480 e. The van der Waals surface area contributed by atoms with Crippen LogP contribution >= 0.6 is 0 Å². The second kappa shape index (κ2) is 4.56. The standard InChI is InChI=1S/C9H8N2O6/c1-4-2-5(11(16)17)7(10-3-4)6(8(12)13)9(14)15/h2-3,6H,1H3,(H,12,13)(H,14,15). The molecule has 1 aromatic rings. The minimum absolute atomic E-state index is 0.440. The number of hydrogen-bond acceptors (Lipinski definition) is 5. The van der Waals surface area contributed by atoms with Crippen molar-refractivity contribution in [2.45, 2.75) is 12.8 Å². The summed E-state index contributed by atoms with van der Waals surface area (Å²) in [7, 11) is 0. The van der Waals surface area contributed by atoms with Crippen molar-refractivity contribution >= 4 is 17.6 Å². The van der Waals surface area contributed by atoms with Gasteiger partial charge >= 0.3 is 11.9 Å². The quantitative estimate of drug-likeness (QED) is 0.446. The molecule has 0 aliphatic heterocycles. The van der Waals surface area contributed by atoms with Gasteiger partial charge in [-0.25, -0.2) is 0 Å². The summed E-state index contributed by atoms with van der Waals surface area (Å²) in [6.45, 7) is 1.53. The SMILES string of the molecule is Cc1cnc(C(C(=O)O)C(=O)O)c([N+](=O)[O-])c1. The lowest BCUT2D eigenvalue weighted by atomic mass is 10.0. The molecular formula is C9H8N2O6. The molecule has 0 fully saturated rings. The van der Waals surface area contributed by atoms with E-state index in [1.54, 1.807) is 0 Å². The predicted octanol–water partition coefficient (Wildman–Crippen LogP) is 0.551. The lowest BCUT2D eigenvalue weighted by Crippen LogP contribution is -2.23. The molecule has 0 spiro atoms. The summed E-state index contributed by atoms with van der Waals surface area (Å²) >= 11 is 0. The van der Waals surface area contributed by atoms with E-state index in [0.717, 1.165) is 6.07 Å². The highest BCUT2D eigenvalue weighted by Crippen LogP contribution is 2.25. The Kier molecular flexibility index (Phi) is 3.37. The number of aliphatic carboxylic acids is 2. The molecule has 2 N–H and O–H groups in total. The van der Waals surface area contributed by atoms with Crippen LogP contribution in [-0.2, 0) is 9.59 Å². The number of pyridine rings is 1. The maximum Gasteiger partial charge on any atom is 0.324 e. The van der Waals surface area contributed by atoms with Gasteiger partial charge < -0.3 is 10.2 Å². The molecule has 1 rings (SSSR count). The summed E-state index contributed by atoms with van der Waals surface area (Å²) in [6.07, 6.45) is 1.18. The van der Waals surface area contributed by atoms with Crippen LogP contribution in [0.3, 0.4) is 0 Å². The van der Waals surface area contributed by atoms with Crippen LogP contribution in [0, 0.1) is 17.0 Å². The Bertz CT molecular complexity index is 484. The number of nitro groups is 1. The van der Waals surface area contributed by atoms with Gasteiger partial charge in [-0.2, -0.15) is 0 Å². The van der Waals surface area contributed by atoms with Crippen LogP contribution in [0.5, 0.6) is 0 Å². The zero-order valence-electron chi connectivity index (χ0n) is 8.65. The third kappa shape index (κ3) is 2.54. The summed E-state index contributed by atoms with van der Waals surface area (Å²) in [5.41, 5.74) is -0.754. The van der Waals surface area contributed by atoms with Gasteiger partial charge in [0.1, 0.15) is 5.69 Å². The maximum atomic E-state index is 10.8. The van der Waals surface area contributed by atoms with Crippen LogP contribution in [0.4, 0.5) is 5.69 Å². The number of carbonyl (C=O) groups is 2. The monoisotopic (exact) mass is 240 g/mol. The van der Waals surface area contributed by atoms with Crippen LogP contribution in [0.1, 0.15) is 17.2 Å². The van der Waals surface area contributed by atoms with Gasteiger partial charge in [0.15, 0.2) is 0 Å². The molecule has 0 aromatic carbocycles. The molecule has 90 valence electrons. The minimum atomic E-state index is -2.05. The van der Waals surface area contributed by atoms with E-state index in [9.17, 15) is 19.7 Å². The summed E-state index contributed by atoms with van der Waals surface area (Å²) < 4.78 is 0. The molecule has 0 radical (unpaired) electrons. The Balaban J connectivity index is 3.43. The van der Waals surface area contributed by atoms with Gasteiger partial charge in [0.05, 0.1) is 4.92 Å². The van der Waals surface area contributed by atoms with Crippen molar-refractivity contribution in [3.05, 3.63) is 33.6 Å². The molecule has 0 saturated carbocycles. The zero-order chi connectivity index (χ0) is 13.2. The maximum absolute atomic E-state index is 10.8. The number of aryl methyl sites for hydroxylation is 1. The van der Waals surface area contributed by atoms with Crippen molar-refractivity contribution in [1.82, 2.24) is 4.98 Å². The van der Waals surface area contributed by atoms with Crippen molar-refractivity contribution < 1.29 is 24.7 Å². The molecule has 1 heterocycles. The van der Waals surface area contributed by atoms with Gasteiger partial charge in [-0.1, -0.05) is 0 Å². The van der Waals surface area contributed by atoms with E-state index in [0.29, 0.717) is 5.56 Å². The first-order valence-electron chi connectivity index (χ1n) is 4.41. The van der Waals surface area contributed by atoms with E-state index in [2.05, 4.69) is 4.98 Å². The van der Waals surface area contributed by atoms with Gasteiger partial charge in [-0.3, -0.25) is 24.7 Å². The second-order valence-electron chi connectivity index (χ2n) is 3.28. The molecule has 17 heavy (non-hydrogen) atoms. The Morgan fingerprint density at radius 2 is 1.94 bits per heavy atom. The second-order valence-corrected chi connectivity index (χ2v) is 3.28. The highest BCUT2D eigenvalue weighted by atomic mass is 16.6. The summed E-state index contributed by atoms with van der Waals surface area (Å²) in [5, 5.41) is 28.2. The Morgan fingerprint density at radius 1 is 1.41 bits per heavy atom. The van der Waals surface area contributed by atoms with Crippen molar-refractivity contribution in [3.63, 3.8) is 0 Å². The topological polar surface area (TPSA) is 131 Å². The van der Waals surface area contributed by atoms with E-state index in [-0.39, 0.29) is 0 Å². The molecule has 8 heteroatoms. The number of carboxylic acids is 2. The van der Waals surface area contributed by atoms with Crippen LogP contribution in [0.2, 0.25) is 0 Å². The van der Waals surface area contributed by atoms with Crippen molar-refractivity contribution in [2.75, 3.05) is 0 Å². The Morgan fingerprint density at radius 3 is 2.35 bits per heavy atom. The number of hydrogen-bond donors (Lipinski definition) is 2. The molecule has 0 unspecified atom stereocenters. The lowest BCUT2D eigenvalue weighted by molar-refractivity contribution is -0.386. The van der Waals surface area contributed by atoms with E-state index < -0.39 is 34.2 Å². The fourth-order valence-corrected chi connectivity index (χ4v) is 1.27. The molecule has 0 saturated heterocycles. The van der Waals surface area contributed by atoms with Crippen LogP contribution in [0.15, 0.2) is 12.3 Å². The molecule has 0 atom stereocenters. The normalized spacial score (nSPS) is 10.2. The molecule has 0 amide bonds. The number of nitrogens with zero attached hydrogens (tertiary/aromatic N) is 2. The van der Waals surface area contributed by atoms with E-state index in [4.69, 9.17) is 10.2 Å². The van der Waals surface area contributed by atoms with Crippen LogP contribution in [0.25, 0.3) is 0 Å². The number of aromatic nitrogens is 1. The highest BCUT2D eigenvalue weighted by molar-refractivity contribution is 5.99. The van der Waals surface area contributed by atoms with Crippen molar-refractivity contribution in [1.29, 1.82) is 0 Å². The third-order valence-corrected chi connectivity index (χ3v) is 2.00. The third-order valence-electron chi connectivity index (χ3n) is 2.00. The first-order chi connectivity index (χ1) is 7.84. The molecule has 0 bridgehead atoms. The van der Waals surface area contributed by atoms with Crippen molar-refractivity contribution in [3.8, 4) is 0 Å². The Labute approximate surface area is 94.7 Å². The average Bonchev–Trinajstić information content (AvgIpc) is 2.19.